The summed E-state index contributed by atoms with van der Waals surface area (Å²) in [4.78, 5) is 11.8. The number of carbonyl (C=O) groups is 1. The summed E-state index contributed by atoms with van der Waals surface area (Å²) < 4.78 is 41.6. The summed E-state index contributed by atoms with van der Waals surface area (Å²) in [5, 5.41) is 12.4. The van der Waals surface area contributed by atoms with Crippen LogP contribution in [0.3, 0.4) is 0 Å². The summed E-state index contributed by atoms with van der Waals surface area (Å²) in [6.07, 6.45) is -4.14. The maximum absolute atomic E-state index is 12.5. The Morgan fingerprint density at radius 1 is 1.22 bits per heavy atom. The summed E-state index contributed by atoms with van der Waals surface area (Å²) in [6.45, 7) is 0. The molecule has 0 bridgehead atoms. The minimum atomic E-state index is -4.81. The number of rotatable bonds is 2. The van der Waals surface area contributed by atoms with Crippen molar-refractivity contribution in [2.24, 2.45) is 0 Å². The third-order valence-corrected chi connectivity index (χ3v) is 2.22. The molecule has 1 aromatic heterocycles. The van der Waals surface area contributed by atoms with Gasteiger partial charge in [-0.3, -0.25) is 4.79 Å². The van der Waals surface area contributed by atoms with Gasteiger partial charge in [0, 0.05) is 0 Å². The zero-order chi connectivity index (χ0) is 13.3. The zero-order valence-electron chi connectivity index (χ0n) is 8.73. The lowest BCUT2D eigenvalue weighted by Crippen LogP contribution is -2.11. The first-order valence-corrected chi connectivity index (χ1v) is 4.76. The molecule has 0 aliphatic rings. The van der Waals surface area contributed by atoms with Gasteiger partial charge in [0.15, 0.2) is 0 Å². The molecule has 0 fully saturated rings. The number of carbonyl (C=O) groups excluding carboxylic acids is 1. The quantitative estimate of drug-likeness (QED) is 0.840. The number of hydrogen-bond acceptors (Lipinski definition) is 4. The Balaban J connectivity index is 2.48. The number of ketones is 1. The number of aromatic nitrogens is 1. The van der Waals surface area contributed by atoms with Gasteiger partial charge in [-0.15, -0.1) is 0 Å². The number of hydrogen-bond donors (Lipinski definition) is 1. The van der Waals surface area contributed by atoms with Crippen molar-refractivity contribution in [3.63, 3.8) is 0 Å². The maximum Gasteiger partial charge on any atom is 0.453 e. The van der Waals surface area contributed by atoms with Crippen LogP contribution in [0.2, 0.25) is 0 Å². The van der Waals surface area contributed by atoms with Gasteiger partial charge in [0.2, 0.25) is 5.78 Å². The maximum atomic E-state index is 12.5. The third kappa shape index (κ3) is 2.06. The molecule has 2 aromatic rings. The van der Waals surface area contributed by atoms with E-state index in [0.717, 1.165) is 0 Å². The van der Waals surface area contributed by atoms with E-state index in [-0.39, 0.29) is 5.56 Å². The van der Waals surface area contributed by atoms with E-state index in [2.05, 4.69) is 9.68 Å². The molecule has 94 valence electrons. The predicted molar refractivity (Wildman–Crippen MR) is 53.0 cm³/mol. The van der Waals surface area contributed by atoms with Crippen LogP contribution >= 0.6 is 0 Å². The van der Waals surface area contributed by atoms with Crippen molar-refractivity contribution in [1.82, 2.24) is 5.16 Å². The fourth-order valence-electron chi connectivity index (χ4n) is 1.42. The molecular weight excluding hydrogens is 251 g/mol. The molecule has 0 spiro atoms. The average Bonchev–Trinajstić information content (AvgIpc) is 2.77. The lowest BCUT2D eigenvalue weighted by atomic mass is 10.0. The molecule has 0 atom stereocenters. The van der Waals surface area contributed by atoms with Gasteiger partial charge < -0.3 is 9.63 Å². The molecule has 2 rings (SSSR count). The van der Waals surface area contributed by atoms with E-state index < -0.39 is 29.0 Å². The SMILES string of the molecule is O=C(c1ccccc1O)c1cnoc1C(F)(F)F. The van der Waals surface area contributed by atoms with Crippen LogP contribution in [0.1, 0.15) is 21.7 Å². The van der Waals surface area contributed by atoms with E-state index in [1.807, 2.05) is 0 Å². The van der Waals surface area contributed by atoms with E-state index >= 15 is 0 Å². The summed E-state index contributed by atoms with van der Waals surface area (Å²) in [5.74, 6) is -2.88. The second-order valence-corrected chi connectivity index (χ2v) is 3.41. The first-order chi connectivity index (χ1) is 8.41. The molecule has 1 aromatic carbocycles. The van der Waals surface area contributed by atoms with E-state index in [0.29, 0.717) is 6.20 Å². The molecule has 0 radical (unpaired) electrons. The monoisotopic (exact) mass is 257 g/mol. The fourth-order valence-corrected chi connectivity index (χ4v) is 1.42. The number of benzene rings is 1. The molecule has 4 nitrogen and oxygen atoms in total. The molecule has 0 unspecified atom stereocenters. The Morgan fingerprint density at radius 3 is 2.50 bits per heavy atom. The number of para-hydroxylation sites is 1. The second-order valence-electron chi connectivity index (χ2n) is 3.41. The molecular formula is C11H6F3NO3. The van der Waals surface area contributed by atoms with Crippen molar-refractivity contribution in [1.29, 1.82) is 0 Å². The van der Waals surface area contributed by atoms with Gasteiger partial charge in [0.1, 0.15) is 5.75 Å². The van der Waals surface area contributed by atoms with Crippen LogP contribution in [0.25, 0.3) is 0 Å². The minimum Gasteiger partial charge on any atom is -0.507 e. The molecule has 7 heteroatoms. The number of phenolic OH excluding ortho intramolecular Hbond substituents is 1. The van der Waals surface area contributed by atoms with Crippen LogP contribution in [-0.2, 0) is 6.18 Å². The van der Waals surface area contributed by atoms with Crippen LogP contribution in [0.4, 0.5) is 13.2 Å². The molecule has 0 aliphatic heterocycles. The Morgan fingerprint density at radius 2 is 1.89 bits per heavy atom. The van der Waals surface area contributed by atoms with Crippen LogP contribution in [-0.4, -0.2) is 16.0 Å². The van der Waals surface area contributed by atoms with Gasteiger partial charge in [-0.25, -0.2) is 0 Å². The summed E-state index contributed by atoms with van der Waals surface area (Å²) in [6, 6.07) is 5.29. The summed E-state index contributed by atoms with van der Waals surface area (Å²) in [5.41, 5.74) is -0.977. The van der Waals surface area contributed by atoms with Crippen molar-refractivity contribution < 1.29 is 27.6 Å². The first kappa shape index (κ1) is 12.2. The Labute approximate surface area is 98.6 Å². The summed E-state index contributed by atoms with van der Waals surface area (Å²) in [7, 11) is 0. The van der Waals surface area contributed by atoms with Crippen molar-refractivity contribution >= 4 is 5.78 Å². The van der Waals surface area contributed by atoms with Gasteiger partial charge in [-0.2, -0.15) is 13.2 Å². The number of alkyl halides is 3. The van der Waals surface area contributed by atoms with Gasteiger partial charge in [0.25, 0.3) is 5.76 Å². The fraction of sp³-hybridized carbons (Fsp3) is 0.0909. The second kappa shape index (κ2) is 4.17. The smallest absolute Gasteiger partial charge is 0.453 e. The van der Waals surface area contributed by atoms with Crippen LogP contribution < -0.4 is 0 Å². The Kier molecular flexibility index (Phi) is 2.82. The lowest BCUT2D eigenvalue weighted by molar-refractivity contribution is -0.155. The Bertz CT molecular complexity index is 589. The highest BCUT2D eigenvalue weighted by Crippen LogP contribution is 2.33. The largest absolute Gasteiger partial charge is 0.507 e. The van der Waals surface area contributed by atoms with Crippen LogP contribution in [0.5, 0.6) is 5.75 Å². The highest BCUT2D eigenvalue weighted by Gasteiger charge is 2.40. The minimum absolute atomic E-state index is 0.244. The topological polar surface area (TPSA) is 63.3 Å². The first-order valence-electron chi connectivity index (χ1n) is 4.76. The van der Waals surface area contributed by atoms with Crippen molar-refractivity contribution in [3.05, 3.63) is 47.3 Å². The number of aromatic hydroxyl groups is 1. The number of phenols is 1. The van der Waals surface area contributed by atoms with E-state index in [1.54, 1.807) is 0 Å². The van der Waals surface area contributed by atoms with Gasteiger partial charge in [-0.05, 0) is 12.1 Å². The van der Waals surface area contributed by atoms with Crippen molar-refractivity contribution in [3.8, 4) is 5.75 Å². The van der Waals surface area contributed by atoms with Gasteiger partial charge >= 0.3 is 6.18 Å². The van der Waals surface area contributed by atoms with Crippen molar-refractivity contribution in [2.75, 3.05) is 0 Å². The highest BCUT2D eigenvalue weighted by molar-refractivity contribution is 6.11. The molecule has 1 N–H and O–H groups in total. The molecule has 0 aliphatic carbocycles. The molecule has 0 amide bonds. The average molecular weight is 257 g/mol. The standard InChI is InChI=1S/C11H6F3NO3/c12-11(13,14)10-7(5-15-18-10)9(17)6-3-1-2-4-8(6)16/h1-5,16H. The third-order valence-electron chi connectivity index (χ3n) is 2.22. The number of halogens is 3. The zero-order valence-corrected chi connectivity index (χ0v) is 8.73. The molecule has 18 heavy (non-hydrogen) atoms. The molecule has 1 heterocycles. The van der Waals surface area contributed by atoms with Crippen LogP contribution in [0.15, 0.2) is 35.0 Å². The van der Waals surface area contributed by atoms with Gasteiger partial charge in [-0.1, -0.05) is 17.3 Å². The predicted octanol–water partition coefficient (Wildman–Crippen LogP) is 2.63. The van der Waals surface area contributed by atoms with E-state index in [4.69, 9.17) is 0 Å². The van der Waals surface area contributed by atoms with E-state index in [1.165, 1.54) is 24.3 Å². The van der Waals surface area contributed by atoms with E-state index in [9.17, 15) is 23.1 Å². The normalized spacial score (nSPS) is 11.5. The van der Waals surface area contributed by atoms with Crippen molar-refractivity contribution in [2.45, 2.75) is 6.18 Å². The molecule has 0 saturated carbocycles. The lowest BCUT2D eigenvalue weighted by Gasteiger charge is -2.05. The highest BCUT2D eigenvalue weighted by atomic mass is 19.4. The van der Waals surface area contributed by atoms with Crippen LogP contribution in [0, 0.1) is 0 Å². The van der Waals surface area contributed by atoms with Gasteiger partial charge in [0.05, 0.1) is 17.3 Å². The number of nitrogens with zero attached hydrogens (tertiary/aromatic N) is 1. The molecule has 0 saturated heterocycles. The summed E-state index contributed by atoms with van der Waals surface area (Å²) >= 11 is 0. The Hall–Kier alpha value is -2.31.